The van der Waals surface area contributed by atoms with Crippen molar-refractivity contribution in [2.45, 2.75) is 26.3 Å². The number of aliphatic hydroxyl groups is 1. The van der Waals surface area contributed by atoms with E-state index in [0.29, 0.717) is 18.7 Å². The van der Waals surface area contributed by atoms with Crippen molar-refractivity contribution < 1.29 is 9.90 Å². The molecule has 0 saturated heterocycles. The molecule has 0 fully saturated rings. The van der Waals surface area contributed by atoms with Crippen molar-refractivity contribution >= 4 is 11.6 Å². The molecule has 1 aromatic rings. The van der Waals surface area contributed by atoms with E-state index >= 15 is 0 Å². The maximum atomic E-state index is 11.7. The summed E-state index contributed by atoms with van der Waals surface area (Å²) in [5.41, 5.74) is 5.75. The molecule has 0 saturated carbocycles. The number of nitrogens with zero attached hydrogens (tertiary/aromatic N) is 1. The highest BCUT2D eigenvalue weighted by Crippen LogP contribution is 2.05. The van der Waals surface area contributed by atoms with Crippen molar-refractivity contribution in [2.24, 2.45) is 5.92 Å². The first-order valence-corrected chi connectivity index (χ1v) is 6.40. The van der Waals surface area contributed by atoms with Crippen LogP contribution in [0.5, 0.6) is 0 Å². The number of carbonyl (C=O) groups excluding carboxylic acids is 1. The maximum Gasteiger partial charge on any atom is 0.251 e. The van der Waals surface area contributed by atoms with Crippen LogP contribution < -0.4 is 16.6 Å². The van der Waals surface area contributed by atoms with Crippen LogP contribution in [-0.4, -0.2) is 28.7 Å². The molecule has 106 valence electrons. The minimum atomic E-state index is -0.258. The zero-order chi connectivity index (χ0) is 14.3. The largest absolute Gasteiger partial charge is 0.398 e. The number of aromatic nitrogens is 1. The maximum absolute atomic E-state index is 11.7. The van der Waals surface area contributed by atoms with Crippen LogP contribution in [0.4, 0.5) is 5.69 Å². The second-order valence-corrected chi connectivity index (χ2v) is 4.52. The molecule has 0 aliphatic heterocycles. The molecule has 0 aliphatic carbocycles. The van der Waals surface area contributed by atoms with Gasteiger partial charge in [-0.25, -0.2) is 0 Å². The first-order valence-electron chi connectivity index (χ1n) is 6.40. The lowest BCUT2D eigenvalue weighted by atomic mass is 10.0. The molecule has 0 bridgehead atoms. The van der Waals surface area contributed by atoms with Gasteiger partial charge in [-0.15, -0.1) is 0 Å². The summed E-state index contributed by atoms with van der Waals surface area (Å²) in [5.74, 6) is 0.0237. The predicted molar refractivity (Wildman–Crippen MR) is 73.6 cm³/mol. The third-order valence-electron chi connectivity index (χ3n) is 3.02. The Morgan fingerprint density at radius 1 is 1.53 bits per heavy atom. The lowest BCUT2D eigenvalue weighted by Gasteiger charge is -2.14. The molecule has 1 aromatic heterocycles. The van der Waals surface area contributed by atoms with Gasteiger partial charge in [0.05, 0.1) is 0 Å². The molecular weight excluding hydrogens is 246 g/mol. The van der Waals surface area contributed by atoms with Crippen LogP contribution in [0.15, 0.2) is 23.1 Å². The van der Waals surface area contributed by atoms with Gasteiger partial charge in [0.2, 0.25) is 5.91 Å². The number of aliphatic hydroxyl groups excluding tert-OH is 1. The molecule has 1 rings (SSSR count). The van der Waals surface area contributed by atoms with E-state index in [-0.39, 0.29) is 30.5 Å². The topological polar surface area (TPSA) is 97.3 Å². The van der Waals surface area contributed by atoms with Gasteiger partial charge in [0.25, 0.3) is 5.56 Å². The number of nitrogen functional groups attached to an aromatic ring is 1. The molecule has 4 N–H and O–H groups in total. The fourth-order valence-electron chi connectivity index (χ4n) is 1.78. The zero-order valence-electron chi connectivity index (χ0n) is 11.1. The standard InChI is InChI=1S/C13H21N3O3/c1-2-10(5-6-17)7-15-12(18)9-16-8-11(14)3-4-13(16)19/h3-4,8,10,17H,2,5-7,9,14H2,1H3,(H,15,18). The number of nitrogens with two attached hydrogens (primary N) is 1. The van der Waals surface area contributed by atoms with Gasteiger partial charge in [0.15, 0.2) is 0 Å². The number of hydrogen-bond acceptors (Lipinski definition) is 4. The van der Waals surface area contributed by atoms with E-state index in [1.165, 1.54) is 22.9 Å². The summed E-state index contributed by atoms with van der Waals surface area (Å²) in [4.78, 5) is 23.2. The Bertz CT molecular complexity index is 470. The van der Waals surface area contributed by atoms with Crippen LogP contribution in [0.2, 0.25) is 0 Å². The Balaban J connectivity index is 2.51. The van der Waals surface area contributed by atoms with Gasteiger partial charge in [-0.3, -0.25) is 9.59 Å². The Morgan fingerprint density at radius 3 is 2.89 bits per heavy atom. The van der Waals surface area contributed by atoms with Crippen molar-refractivity contribution in [2.75, 3.05) is 18.9 Å². The molecular formula is C13H21N3O3. The molecule has 6 nitrogen and oxygen atoms in total. The van der Waals surface area contributed by atoms with E-state index in [9.17, 15) is 9.59 Å². The first kappa shape index (κ1) is 15.2. The van der Waals surface area contributed by atoms with Crippen molar-refractivity contribution in [1.29, 1.82) is 0 Å². The van der Waals surface area contributed by atoms with E-state index < -0.39 is 0 Å². The van der Waals surface area contributed by atoms with E-state index in [1.54, 1.807) is 0 Å². The van der Waals surface area contributed by atoms with Gasteiger partial charge in [-0.1, -0.05) is 13.3 Å². The number of rotatable bonds is 7. The number of pyridine rings is 1. The van der Waals surface area contributed by atoms with Gasteiger partial charge in [-0.05, 0) is 18.4 Å². The fourth-order valence-corrected chi connectivity index (χ4v) is 1.78. The summed E-state index contributed by atoms with van der Waals surface area (Å²) in [5, 5.41) is 11.6. The van der Waals surface area contributed by atoms with Gasteiger partial charge in [-0.2, -0.15) is 0 Å². The molecule has 0 aromatic carbocycles. The second-order valence-electron chi connectivity index (χ2n) is 4.52. The quantitative estimate of drug-likeness (QED) is 0.645. The van der Waals surface area contributed by atoms with E-state index in [2.05, 4.69) is 5.32 Å². The van der Waals surface area contributed by atoms with Crippen LogP contribution in [0.25, 0.3) is 0 Å². The molecule has 19 heavy (non-hydrogen) atoms. The monoisotopic (exact) mass is 267 g/mol. The number of hydrogen-bond donors (Lipinski definition) is 3. The molecule has 0 radical (unpaired) electrons. The first-order chi connectivity index (χ1) is 9.06. The summed E-state index contributed by atoms with van der Waals surface area (Å²) in [6.07, 6.45) is 3.00. The van der Waals surface area contributed by atoms with Crippen molar-refractivity contribution in [3.63, 3.8) is 0 Å². The average Bonchev–Trinajstić information content (AvgIpc) is 2.39. The minimum absolute atomic E-state index is 0.0422. The smallest absolute Gasteiger partial charge is 0.251 e. The number of anilines is 1. The van der Waals surface area contributed by atoms with E-state index in [1.807, 2.05) is 6.92 Å². The molecule has 0 aliphatic rings. The van der Waals surface area contributed by atoms with Crippen molar-refractivity contribution in [3.8, 4) is 0 Å². The van der Waals surface area contributed by atoms with Crippen LogP contribution in [0, 0.1) is 5.92 Å². The SMILES string of the molecule is CCC(CCO)CNC(=O)Cn1cc(N)ccc1=O. The van der Waals surface area contributed by atoms with Crippen LogP contribution in [-0.2, 0) is 11.3 Å². The molecule has 0 spiro atoms. The molecule has 1 heterocycles. The van der Waals surface area contributed by atoms with E-state index in [0.717, 1.165) is 6.42 Å². The molecule has 6 heteroatoms. The molecule has 1 amide bonds. The Labute approximate surface area is 112 Å². The lowest BCUT2D eigenvalue weighted by molar-refractivity contribution is -0.121. The van der Waals surface area contributed by atoms with Gasteiger partial charge < -0.3 is 20.7 Å². The number of amides is 1. The van der Waals surface area contributed by atoms with Crippen LogP contribution >= 0.6 is 0 Å². The average molecular weight is 267 g/mol. The lowest BCUT2D eigenvalue weighted by Crippen LogP contribution is -2.35. The van der Waals surface area contributed by atoms with Crippen LogP contribution in [0.1, 0.15) is 19.8 Å². The summed E-state index contributed by atoms with van der Waals surface area (Å²) in [6.45, 7) is 2.59. The van der Waals surface area contributed by atoms with Crippen molar-refractivity contribution in [1.82, 2.24) is 9.88 Å². The normalized spacial score (nSPS) is 12.1. The highest BCUT2D eigenvalue weighted by atomic mass is 16.3. The minimum Gasteiger partial charge on any atom is -0.398 e. The Hall–Kier alpha value is -1.82. The number of nitrogens with one attached hydrogen (secondary N) is 1. The molecule has 1 unspecified atom stereocenters. The second kappa shape index (κ2) is 7.58. The van der Waals surface area contributed by atoms with Gasteiger partial charge in [0.1, 0.15) is 6.54 Å². The van der Waals surface area contributed by atoms with Gasteiger partial charge in [0, 0.05) is 31.1 Å². The Kier molecular flexibility index (Phi) is 6.08. The third-order valence-corrected chi connectivity index (χ3v) is 3.02. The van der Waals surface area contributed by atoms with Gasteiger partial charge >= 0.3 is 0 Å². The molecule has 1 atom stereocenters. The summed E-state index contributed by atoms with van der Waals surface area (Å²) in [7, 11) is 0. The summed E-state index contributed by atoms with van der Waals surface area (Å²) in [6, 6.07) is 2.84. The predicted octanol–water partition coefficient (Wildman–Crippen LogP) is -0.0447. The third kappa shape index (κ3) is 5.13. The zero-order valence-corrected chi connectivity index (χ0v) is 11.1. The van der Waals surface area contributed by atoms with E-state index in [4.69, 9.17) is 10.8 Å². The fraction of sp³-hybridized carbons (Fsp3) is 0.538. The Morgan fingerprint density at radius 2 is 2.26 bits per heavy atom. The highest BCUT2D eigenvalue weighted by molar-refractivity contribution is 5.75. The highest BCUT2D eigenvalue weighted by Gasteiger charge is 2.09. The number of carbonyl (C=O) groups is 1. The van der Waals surface area contributed by atoms with Crippen molar-refractivity contribution in [3.05, 3.63) is 28.7 Å². The summed E-state index contributed by atoms with van der Waals surface area (Å²) < 4.78 is 1.28. The van der Waals surface area contributed by atoms with Crippen LogP contribution in [0.3, 0.4) is 0 Å². The summed E-state index contributed by atoms with van der Waals surface area (Å²) >= 11 is 0.